The number of urea groups is 1. The van der Waals surface area contributed by atoms with Gasteiger partial charge in [-0.05, 0) is 18.3 Å². The minimum atomic E-state index is -1.03. The third-order valence-corrected chi connectivity index (χ3v) is 3.55. The van der Waals surface area contributed by atoms with Crippen molar-refractivity contribution >= 4 is 12.0 Å². The number of nitrogens with zero attached hydrogens (tertiary/aromatic N) is 1. The van der Waals surface area contributed by atoms with Crippen LogP contribution in [0.15, 0.2) is 0 Å². The molecule has 1 aliphatic rings. The summed E-state index contributed by atoms with van der Waals surface area (Å²) in [5.41, 5.74) is -0.552. The van der Waals surface area contributed by atoms with Gasteiger partial charge in [0.25, 0.3) is 0 Å². The second kappa shape index (κ2) is 7.61. The van der Waals surface area contributed by atoms with Gasteiger partial charge in [-0.3, -0.25) is 0 Å². The fourth-order valence-corrected chi connectivity index (χ4v) is 2.31. The van der Waals surface area contributed by atoms with Crippen molar-refractivity contribution in [1.29, 1.82) is 0 Å². The minimum absolute atomic E-state index is 0.00737. The smallest absolute Gasteiger partial charge is 0.326 e. The molecule has 1 rings (SSSR count). The van der Waals surface area contributed by atoms with Gasteiger partial charge in [-0.25, -0.2) is 9.59 Å². The number of carboxylic acids is 1. The fourth-order valence-electron chi connectivity index (χ4n) is 2.31. The topological polar surface area (TPSA) is 99.1 Å². The van der Waals surface area contributed by atoms with Crippen LogP contribution in [0.2, 0.25) is 0 Å². The lowest BCUT2D eigenvalue weighted by atomic mass is 9.87. The first-order chi connectivity index (χ1) is 9.75. The molecule has 0 aromatic rings. The van der Waals surface area contributed by atoms with Crippen LogP contribution in [0.3, 0.4) is 0 Å². The maximum Gasteiger partial charge on any atom is 0.326 e. The average molecular weight is 302 g/mol. The van der Waals surface area contributed by atoms with E-state index in [0.29, 0.717) is 32.5 Å². The van der Waals surface area contributed by atoms with Crippen molar-refractivity contribution in [3.63, 3.8) is 0 Å². The van der Waals surface area contributed by atoms with E-state index in [1.807, 2.05) is 0 Å². The molecule has 0 aromatic heterocycles. The quantitative estimate of drug-likeness (QED) is 0.693. The number of amides is 2. The SMILES string of the molecule is CC(C)(C)[C@@H](NC(=O)N1CCC(OCCO)CC1)C(=O)O. The standard InChI is InChI=1S/C14H26N2O5/c1-14(2,3)11(12(18)19)15-13(20)16-6-4-10(5-7-16)21-9-8-17/h10-11,17H,4-9H2,1-3H3,(H,15,20)(H,18,19)/t11-/m0/s1. The molecule has 0 aliphatic carbocycles. The van der Waals surface area contributed by atoms with E-state index >= 15 is 0 Å². The van der Waals surface area contributed by atoms with E-state index in [4.69, 9.17) is 9.84 Å². The van der Waals surface area contributed by atoms with Gasteiger partial charge in [0, 0.05) is 13.1 Å². The van der Waals surface area contributed by atoms with Crippen LogP contribution in [0.4, 0.5) is 4.79 Å². The van der Waals surface area contributed by atoms with E-state index in [2.05, 4.69) is 5.32 Å². The lowest BCUT2D eigenvalue weighted by Crippen LogP contribution is -2.55. The van der Waals surface area contributed by atoms with E-state index in [9.17, 15) is 14.7 Å². The second-order valence-corrected chi connectivity index (χ2v) is 6.37. The highest BCUT2D eigenvalue weighted by Crippen LogP contribution is 2.20. The van der Waals surface area contributed by atoms with Crippen molar-refractivity contribution in [3.05, 3.63) is 0 Å². The molecule has 1 saturated heterocycles. The Bertz CT molecular complexity index is 359. The monoisotopic (exact) mass is 302 g/mol. The van der Waals surface area contributed by atoms with Crippen LogP contribution in [0.25, 0.3) is 0 Å². The fraction of sp³-hybridized carbons (Fsp3) is 0.857. The van der Waals surface area contributed by atoms with Crippen molar-refractivity contribution in [1.82, 2.24) is 10.2 Å². The molecule has 1 heterocycles. The summed E-state index contributed by atoms with van der Waals surface area (Å²) in [7, 11) is 0. The molecule has 122 valence electrons. The number of likely N-dealkylation sites (tertiary alicyclic amines) is 1. The maximum atomic E-state index is 12.2. The number of ether oxygens (including phenoxy) is 1. The van der Waals surface area contributed by atoms with Crippen molar-refractivity contribution in [2.45, 2.75) is 45.8 Å². The lowest BCUT2D eigenvalue weighted by molar-refractivity contribution is -0.142. The Morgan fingerprint density at radius 1 is 1.33 bits per heavy atom. The largest absolute Gasteiger partial charge is 0.480 e. The number of carbonyl (C=O) groups is 2. The van der Waals surface area contributed by atoms with Crippen LogP contribution in [0.5, 0.6) is 0 Å². The highest BCUT2D eigenvalue weighted by atomic mass is 16.5. The number of hydrogen-bond acceptors (Lipinski definition) is 4. The normalized spacial score (nSPS) is 18.4. The van der Waals surface area contributed by atoms with Crippen molar-refractivity contribution in [3.8, 4) is 0 Å². The molecule has 7 heteroatoms. The van der Waals surface area contributed by atoms with Crippen molar-refractivity contribution in [2.24, 2.45) is 5.41 Å². The summed E-state index contributed by atoms with van der Waals surface area (Å²) in [6.45, 7) is 6.69. The van der Waals surface area contributed by atoms with Crippen molar-refractivity contribution < 1.29 is 24.5 Å². The summed E-state index contributed by atoms with van der Waals surface area (Å²) in [6.07, 6.45) is 1.44. The van der Waals surface area contributed by atoms with Crippen LogP contribution in [-0.2, 0) is 9.53 Å². The summed E-state index contributed by atoms with van der Waals surface area (Å²) in [5, 5.41) is 20.5. The number of carboxylic acid groups (broad SMARTS) is 1. The van der Waals surface area contributed by atoms with Gasteiger partial charge in [0.2, 0.25) is 0 Å². The Kier molecular flexibility index (Phi) is 6.42. The van der Waals surface area contributed by atoms with E-state index in [1.165, 1.54) is 0 Å². The van der Waals surface area contributed by atoms with E-state index in [-0.39, 0.29) is 18.7 Å². The lowest BCUT2D eigenvalue weighted by Gasteiger charge is -2.34. The van der Waals surface area contributed by atoms with E-state index in [1.54, 1.807) is 25.7 Å². The Morgan fingerprint density at radius 3 is 2.33 bits per heavy atom. The number of rotatable bonds is 5. The van der Waals surface area contributed by atoms with Crippen LogP contribution < -0.4 is 5.32 Å². The molecule has 1 atom stereocenters. The molecular weight excluding hydrogens is 276 g/mol. The summed E-state index contributed by atoms with van der Waals surface area (Å²) in [6, 6.07) is -1.27. The summed E-state index contributed by atoms with van der Waals surface area (Å²) in [5.74, 6) is -1.03. The van der Waals surface area contributed by atoms with Gasteiger partial charge >= 0.3 is 12.0 Å². The van der Waals surface area contributed by atoms with Gasteiger partial charge in [0.1, 0.15) is 6.04 Å². The average Bonchev–Trinajstić information content (AvgIpc) is 2.41. The third-order valence-electron chi connectivity index (χ3n) is 3.55. The van der Waals surface area contributed by atoms with Crippen LogP contribution in [0, 0.1) is 5.41 Å². The molecule has 3 N–H and O–H groups in total. The number of hydrogen-bond donors (Lipinski definition) is 3. The van der Waals surface area contributed by atoms with Gasteiger partial charge in [0.05, 0.1) is 19.3 Å². The van der Waals surface area contributed by atoms with Gasteiger partial charge in [-0.1, -0.05) is 20.8 Å². The highest BCUT2D eigenvalue weighted by Gasteiger charge is 2.34. The number of nitrogens with one attached hydrogen (secondary N) is 1. The first-order valence-electron chi connectivity index (χ1n) is 7.26. The van der Waals surface area contributed by atoms with Gasteiger partial charge in [-0.15, -0.1) is 0 Å². The van der Waals surface area contributed by atoms with Crippen LogP contribution >= 0.6 is 0 Å². The summed E-state index contributed by atoms with van der Waals surface area (Å²) < 4.78 is 5.43. The minimum Gasteiger partial charge on any atom is -0.480 e. The predicted molar refractivity (Wildman–Crippen MR) is 77.0 cm³/mol. The van der Waals surface area contributed by atoms with Gasteiger partial charge in [0.15, 0.2) is 0 Å². The summed E-state index contributed by atoms with van der Waals surface area (Å²) >= 11 is 0. The van der Waals surface area contributed by atoms with Crippen LogP contribution in [0.1, 0.15) is 33.6 Å². The maximum absolute atomic E-state index is 12.2. The molecular formula is C14H26N2O5. The molecule has 0 bridgehead atoms. The van der Waals surface area contributed by atoms with E-state index in [0.717, 1.165) is 0 Å². The Balaban J connectivity index is 2.48. The highest BCUT2D eigenvalue weighted by molar-refractivity contribution is 5.83. The number of aliphatic hydroxyl groups is 1. The molecule has 21 heavy (non-hydrogen) atoms. The van der Waals surface area contributed by atoms with Crippen LogP contribution in [-0.4, -0.2) is 65.6 Å². The molecule has 0 spiro atoms. The zero-order valence-electron chi connectivity index (χ0n) is 13.0. The van der Waals surface area contributed by atoms with Crippen molar-refractivity contribution in [2.75, 3.05) is 26.3 Å². The molecule has 0 unspecified atom stereocenters. The molecule has 0 aromatic carbocycles. The molecule has 0 radical (unpaired) electrons. The zero-order valence-corrected chi connectivity index (χ0v) is 13.0. The Hall–Kier alpha value is -1.34. The molecule has 0 saturated carbocycles. The number of aliphatic carboxylic acids is 1. The first-order valence-corrected chi connectivity index (χ1v) is 7.26. The van der Waals surface area contributed by atoms with Gasteiger partial charge in [-0.2, -0.15) is 0 Å². The van der Waals surface area contributed by atoms with Gasteiger partial charge < -0.3 is 25.2 Å². The number of piperidine rings is 1. The zero-order chi connectivity index (χ0) is 16.0. The summed E-state index contributed by atoms with van der Waals surface area (Å²) in [4.78, 5) is 25.0. The Morgan fingerprint density at radius 2 is 1.90 bits per heavy atom. The second-order valence-electron chi connectivity index (χ2n) is 6.37. The number of carbonyl (C=O) groups excluding carboxylic acids is 1. The predicted octanol–water partition coefficient (Wildman–Crippen LogP) is 0.669. The number of aliphatic hydroxyl groups excluding tert-OH is 1. The molecule has 1 aliphatic heterocycles. The molecule has 2 amide bonds. The van der Waals surface area contributed by atoms with E-state index < -0.39 is 17.4 Å². The Labute approximate surface area is 125 Å². The molecule has 7 nitrogen and oxygen atoms in total. The molecule has 1 fully saturated rings. The third kappa shape index (κ3) is 5.51. The first kappa shape index (κ1) is 17.7.